The van der Waals surface area contributed by atoms with Crippen molar-refractivity contribution in [2.45, 2.75) is 51.2 Å². The highest BCUT2D eigenvalue weighted by molar-refractivity contribution is 5.73. The largest absolute Gasteiger partial charge is 0.480 e. The summed E-state index contributed by atoms with van der Waals surface area (Å²) in [6, 6.07) is 0.687. The summed E-state index contributed by atoms with van der Waals surface area (Å²) in [5.41, 5.74) is 0. The van der Waals surface area contributed by atoms with Gasteiger partial charge in [-0.05, 0) is 26.2 Å². The van der Waals surface area contributed by atoms with Gasteiger partial charge in [0.25, 0.3) is 0 Å². The van der Waals surface area contributed by atoms with Gasteiger partial charge in [0.1, 0.15) is 6.04 Å². The Kier molecular flexibility index (Phi) is 5.19. The van der Waals surface area contributed by atoms with Gasteiger partial charge >= 0.3 is 5.97 Å². The SMILES string of the molecule is CCC(C)N1CCN(CC(NC2CC2)C(=O)O)CC1. The predicted molar refractivity (Wildman–Crippen MR) is 75.3 cm³/mol. The number of carbonyl (C=O) groups is 1. The molecule has 2 aliphatic rings. The molecule has 0 aromatic carbocycles. The molecule has 1 heterocycles. The van der Waals surface area contributed by atoms with Crippen molar-refractivity contribution in [3.8, 4) is 0 Å². The van der Waals surface area contributed by atoms with Gasteiger partial charge in [0.2, 0.25) is 0 Å². The minimum atomic E-state index is -0.712. The molecule has 2 unspecified atom stereocenters. The van der Waals surface area contributed by atoms with Crippen LogP contribution in [0.2, 0.25) is 0 Å². The predicted octanol–water partition coefficient (Wildman–Crippen LogP) is 0.608. The molecule has 2 rings (SSSR count). The summed E-state index contributed by atoms with van der Waals surface area (Å²) >= 11 is 0. The number of nitrogens with one attached hydrogen (secondary N) is 1. The van der Waals surface area contributed by atoms with Crippen LogP contribution in [0.5, 0.6) is 0 Å². The molecule has 0 aromatic rings. The zero-order valence-electron chi connectivity index (χ0n) is 12.1. The van der Waals surface area contributed by atoms with E-state index in [-0.39, 0.29) is 0 Å². The van der Waals surface area contributed by atoms with Crippen LogP contribution in [0, 0.1) is 0 Å². The third kappa shape index (κ3) is 4.44. The molecule has 1 saturated carbocycles. The van der Waals surface area contributed by atoms with Crippen molar-refractivity contribution in [2.75, 3.05) is 32.7 Å². The van der Waals surface area contributed by atoms with E-state index in [4.69, 9.17) is 0 Å². The van der Waals surface area contributed by atoms with Crippen LogP contribution in [0.4, 0.5) is 0 Å². The first kappa shape index (κ1) is 14.8. The Morgan fingerprint density at radius 3 is 2.42 bits per heavy atom. The first-order valence-corrected chi connectivity index (χ1v) is 7.55. The number of nitrogens with zero attached hydrogens (tertiary/aromatic N) is 2. The number of piperazine rings is 1. The number of hydrogen-bond donors (Lipinski definition) is 2. The maximum atomic E-state index is 11.3. The lowest BCUT2D eigenvalue weighted by atomic mass is 10.1. The Hall–Kier alpha value is -0.650. The lowest BCUT2D eigenvalue weighted by Crippen LogP contribution is -2.54. The summed E-state index contributed by atoms with van der Waals surface area (Å²) in [5.74, 6) is -0.712. The summed E-state index contributed by atoms with van der Waals surface area (Å²) in [6.45, 7) is 9.22. The van der Waals surface area contributed by atoms with Crippen LogP contribution < -0.4 is 5.32 Å². The molecule has 5 heteroatoms. The monoisotopic (exact) mass is 269 g/mol. The topological polar surface area (TPSA) is 55.8 Å². The summed E-state index contributed by atoms with van der Waals surface area (Å²) in [4.78, 5) is 16.0. The summed E-state index contributed by atoms with van der Waals surface area (Å²) in [5, 5.41) is 12.5. The van der Waals surface area contributed by atoms with Gasteiger partial charge in [0.05, 0.1) is 0 Å². The molecular weight excluding hydrogens is 242 g/mol. The quantitative estimate of drug-likeness (QED) is 0.709. The first-order chi connectivity index (χ1) is 9.10. The molecule has 2 fully saturated rings. The first-order valence-electron chi connectivity index (χ1n) is 7.55. The van der Waals surface area contributed by atoms with Crippen LogP contribution in [0.15, 0.2) is 0 Å². The molecule has 110 valence electrons. The molecule has 0 bridgehead atoms. The zero-order chi connectivity index (χ0) is 13.8. The molecule has 1 aliphatic heterocycles. The molecule has 2 atom stereocenters. The molecule has 19 heavy (non-hydrogen) atoms. The highest BCUT2D eigenvalue weighted by Crippen LogP contribution is 2.19. The smallest absolute Gasteiger partial charge is 0.322 e. The van der Waals surface area contributed by atoms with Crippen LogP contribution in [0.3, 0.4) is 0 Å². The Morgan fingerprint density at radius 2 is 1.95 bits per heavy atom. The van der Waals surface area contributed by atoms with E-state index in [1.807, 2.05) is 0 Å². The van der Waals surface area contributed by atoms with Crippen LogP contribution >= 0.6 is 0 Å². The minimum Gasteiger partial charge on any atom is -0.480 e. The fourth-order valence-corrected chi connectivity index (χ4v) is 2.64. The standard InChI is InChI=1S/C14H27N3O2/c1-3-11(2)17-8-6-16(7-9-17)10-13(14(18)19)15-12-4-5-12/h11-13,15H,3-10H2,1-2H3,(H,18,19). The summed E-state index contributed by atoms with van der Waals surface area (Å²) < 4.78 is 0. The van der Waals surface area contributed by atoms with E-state index in [0.717, 1.165) is 39.0 Å². The molecule has 0 spiro atoms. The molecule has 0 aromatic heterocycles. The highest BCUT2D eigenvalue weighted by atomic mass is 16.4. The average molecular weight is 269 g/mol. The summed E-state index contributed by atoms with van der Waals surface area (Å²) in [6.07, 6.45) is 3.44. The van der Waals surface area contributed by atoms with E-state index >= 15 is 0 Å². The van der Waals surface area contributed by atoms with Crippen molar-refractivity contribution in [1.82, 2.24) is 15.1 Å². The minimum absolute atomic E-state index is 0.400. The summed E-state index contributed by atoms with van der Waals surface area (Å²) in [7, 11) is 0. The lowest BCUT2D eigenvalue weighted by Gasteiger charge is -2.38. The van der Waals surface area contributed by atoms with E-state index in [2.05, 4.69) is 29.0 Å². The van der Waals surface area contributed by atoms with Crippen molar-refractivity contribution < 1.29 is 9.90 Å². The molecule has 0 radical (unpaired) electrons. The molecule has 2 N–H and O–H groups in total. The number of carboxylic acids is 1. The van der Waals surface area contributed by atoms with E-state index in [0.29, 0.717) is 18.6 Å². The number of carboxylic acid groups (broad SMARTS) is 1. The van der Waals surface area contributed by atoms with E-state index in [1.165, 1.54) is 6.42 Å². The van der Waals surface area contributed by atoms with Crippen molar-refractivity contribution >= 4 is 5.97 Å². The van der Waals surface area contributed by atoms with Gasteiger partial charge < -0.3 is 10.4 Å². The van der Waals surface area contributed by atoms with Crippen molar-refractivity contribution in [3.63, 3.8) is 0 Å². The average Bonchev–Trinajstić information content (AvgIpc) is 3.22. The van der Waals surface area contributed by atoms with Gasteiger partial charge in [-0.2, -0.15) is 0 Å². The third-order valence-corrected chi connectivity index (χ3v) is 4.37. The van der Waals surface area contributed by atoms with Gasteiger partial charge in [-0.1, -0.05) is 6.92 Å². The van der Waals surface area contributed by atoms with Crippen molar-refractivity contribution in [2.24, 2.45) is 0 Å². The molecular formula is C14H27N3O2. The Bertz CT molecular complexity index is 299. The normalized spacial score (nSPS) is 25.2. The maximum Gasteiger partial charge on any atom is 0.322 e. The molecule has 1 aliphatic carbocycles. The van der Waals surface area contributed by atoms with Crippen LogP contribution in [-0.4, -0.2) is 71.7 Å². The van der Waals surface area contributed by atoms with Crippen LogP contribution in [-0.2, 0) is 4.79 Å². The lowest BCUT2D eigenvalue weighted by molar-refractivity contribution is -0.140. The van der Waals surface area contributed by atoms with Gasteiger partial charge in [0, 0.05) is 44.8 Å². The Labute approximate surface area is 115 Å². The van der Waals surface area contributed by atoms with Gasteiger partial charge in [-0.15, -0.1) is 0 Å². The number of rotatable bonds is 7. The van der Waals surface area contributed by atoms with Gasteiger partial charge in [-0.3, -0.25) is 14.6 Å². The Balaban J connectivity index is 1.75. The fraction of sp³-hybridized carbons (Fsp3) is 0.929. The van der Waals surface area contributed by atoms with E-state index < -0.39 is 12.0 Å². The van der Waals surface area contributed by atoms with Crippen LogP contribution in [0.25, 0.3) is 0 Å². The molecule has 5 nitrogen and oxygen atoms in total. The van der Waals surface area contributed by atoms with Crippen molar-refractivity contribution in [1.29, 1.82) is 0 Å². The van der Waals surface area contributed by atoms with E-state index in [9.17, 15) is 9.90 Å². The number of hydrogen-bond acceptors (Lipinski definition) is 4. The molecule has 1 saturated heterocycles. The maximum absolute atomic E-state index is 11.3. The number of aliphatic carboxylic acids is 1. The van der Waals surface area contributed by atoms with Gasteiger partial charge in [-0.25, -0.2) is 0 Å². The molecule has 0 amide bonds. The second-order valence-electron chi connectivity index (χ2n) is 5.93. The van der Waals surface area contributed by atoms with Gasteiger partial charge in [0.15, 0.2) is 0 Å². The fourth-order valence-electron chi connectivity index (χ4n) is 2.64. The third-order valence-electron chi connectivity index (χ3n) is 4.37. The second-order valence-corrected chi connectivity index (χ2v) is 5.93. The zero-order valence-corrected chi connectivity index (χ0v) is 12.1. The highest BCUT2D eigenvalue weighted by Gasteiger charge is 2.30. The van der Waals surface area contributed by atoms with Crippen LogP contribution in [0.1, 0.15) is 33.1 Å². The second kappa shape index (κ2) is 6.68. The van der Waals surface area contributed by atoms with E-state index in [1.54, 1.807) is 0 Å². The van der Waals surface area contributed by atoms with Crippen molar-refractivity contribution in [3.05, 3.63) is 0 Å². The Morgan fingerprint density at radius 1 is 1.32 bits per heavy atom.